The topological polar surface area (TPSA) is 59.6 Å². The predicted octanol–water partition coefficient (Wildman–Crippen LogP) is 3.67. The highest BCUT2D eigenvalue weighted by atomic mass is 14.9. The molecule has 2 atom stereocenters. The minimum Gasteiger partial charge on any atom is -0.382 e. The third-order valence-corrected chi connectivity index (χ3v) is 3.81. The molecule has 1 saturated carbocycles. The molecule has 1 N–H and O–H groups in total. The van der Waals surface area contributed by atoms with Crippen molar-refractivity contribution in [1.82, 2.24) is 0 Å². The predicted molar refractivity (Wildman–Crippen MR) is 75.5 cm³/mol. The van der Waals surface area contributed by atoms with Gasteiger partial charge in [0.25, 0.3) is 0 Å². The van der Waals surface area contributed by atoms with Crippen LogP contribution < -0.4 is 5.32 Å². The summed E-state index contributed by atoms with van der Waals surface area (Å²) in [5.41, 5.74) is 1.84. The second-order valence-electron chi connectivity index (χ2n) is 5.74. The Morgan fingerprint density at radius 3 is 2.21 bits per heavy atom. The summed E-state index contributed by atoms with van der Waals surface area (Å²) >= 11 is 0. The Morgan fingerprint density at radius 2 is 1.63 bits per heavy atom. The molecular weight excluding hydrogens is 234 g/mol. The van der Waals surface area contributed by atoms with Crippen molar-refractivity contribution >= 4 is 5.69 Å². The lowest BCUT2D eigenvalue weighted by atomic mass is 9.80. The largest absolute Gasteiger partial charge is 0.382 e. The fraction of sp³-hybridized carbons (Fsp3) is 0.500. The number of anilines is 1. The van der Waals surface area contributed by atoms with E-state index >= 15 is 0 Å². The minimum absolute atomic E-state index is 0.443. The van der Waals surface area contributed by atoms with Gasteiger partial charge >= 0.3 is 0 Å². The van der Waals surface area contributed by atoms with Gasteiger partial charge in [-0.25, -0.2) is 0 Å². The first-order valence-electron chi connectivity index (χ1n) is 6.83. The Morgan fingerprint density at radius 1 is 1.00 bits per heavy atom. The van der Waals surface area contributed by atoms with Crippen molar-refractivity contribution in [3.8, 4) is 12.1 Å². The summed E-state index contributed by atoms with van der Waals surface area (Å²) in [4.78, 5) is 0. The normalized spacial score (nSPS) is 26.2. The van der Waals surface area contributed by atoms with Crippen molar-refractivity contribution < 1.29 is 0 Å². The molecule has 1 aromatic carbocycles. The number of benzene rings is 1. The van der Waals surface area contributed by atoms with E-state index in [1.165, 1.54) is 19.3 Å². The van der Waals surface area contributed by atoms with Crippen LogP contribution in [0.2, 0.25) is 0 Å². The van der Waals surface area contributed by atoms with E-state index in [1.54, 1.807) is 12.1 Å². The summed E-state index contributed by atoms with van der Waals surface area (Å²) in [7, 11) is 0. The highest BCUT2D eigenvalue weighted by molar-refractivity contribution is 5.56. The zero-order valence-electron chi connectivity index (χ0n) is 11.5. The van der Waals surface area contributed by atoms with Crippen molar-refractivity contribution in [3.63, 3.8) is 0 Å². The molecule has 0 aliphatic heterocycles. The Hall–Kier alpha value is -2.00. The molecule has 0 spiro atoms. The van der Waals surface area contributed by atoms with E-state index in [9.17, 15) is 0 Å². The molecule has 98 valence electrons. The van der Waals surface area contributed by atoms with Crippen LogP contribution in [0.25, 0.3) is 0 Å². The zero-order valence-corrected chi connectivity index (χ0v) is 11.5. The smallest absolute Gasteiger partial charge is 0.101 e. The zero-order chi connectivity index (χ0) is 13.8. The quantitative estimate of drug-likeness (QED) is 0.874. The van der Waals surface area contributed by atoms with E-state index in [0.717, 1.165) is 17.5 Å². The van der Waals surface area contributed by atoms with E-state index in [1.807, 2.05) is 12.1 Å². The Bertz CT molecular complexity index is 526. The summed E-state index contributed by atoms with van der Waals surface area (Å²) in [5.74, 6) is 1.49. The molecule has 0 radical (unpaired) electrons. The molecule has 1 fully saturated rings. The van der Waals surface area contributed by atoms with Crippen LogP contribution in [0.3, 0.4) is 0 Å². The molecule has 0 heterocycles. The number of hydrogen-bond acceptors (Lipinski definition) is 3. The average molecular weight is 253 g/mol. The third kappa shape index (κ3) is 3.26. The van der Waals surface area contributed by atoms with Gasteiger partial charge in [-0.3, -0.25) is 0 Å². The van der Waals surface area contributed by atoms with Crippen LogP contribution in [0.15, 0.2) is 18.2 Å². The lowest BCUT2D eigenvalue weighted by molar-refractivity contribution is 0.281. The number of nitrogens with zero attached hydrogens (tertiary/aromatic N) is 2. The Kier molecular flexibility index (Phi) is 4.07. The molecule has 1 aliphatic rings. The van der Waals surface area contributed by atoms with Crippen LogP contribution in [0.4, 0.5) is 5.69 Å². The highest BCUT2D eigenvalue weighted by Gasteiger charge is 2.23. The molecule has 0 saturated heterocycles. The van der Waals surface area contributed by atoms with Gasteiger partial charge < -0.3 is 5.32 Å². The van der Waals surface area contributed by atoms with Gasteiger partial charge in [0.15, 0.2) is 0 Å². The van der Waals surface area contributed by atoms with Gasteiger partial charge in [-0.05, 0) is 49.3 Å². The fourth-order valence-corrected chi connectivity index (χ4v) is 3.12. The van der Waals surface area contributed by atoms with Gasteiger partial charge in [-0.1, -0.05) is 13.8 Å². The fourth-order valence-electron chi connectivity index (χ4n) is 3.12. The van der Waals surface area contributed by atoms with Gasteiger partial charge in [-0.2, -0.15) is 10.5 Å². The molecule has 19 heavy (non-hydrogen) atoms. The van der Waals surface area contributed by atoms with E-state index in [4.69, 9.17) is 10.5 Å². The van der Waals surface area contributed by atoms with Crippen LogP contribution in [0.1, 0.15) is 44.2 Å². The van der Waals surface area contributed by atoms with Crippen LogP contribution >= 0.6 is 0 Å². The second-order valence-corrected chi connectivity index (χ2v) is 5.74. The van der Waals surface area contributed by atoms with Gasteiger partial charge in [0.2, 0.25) is 0 Å². The van der Waals surface area contributed by atoms with Crippen LogP contribution in [-0.2, 0) is 0 Å². The monoisotopic (exact) mass is 253 g/mol. The number of rotatable bonds is 2. The van der Waals surface area contributed by atoms with E-state index < -0.39 is 0 Å². The van der Waals surface area contributed by atoms with Crippen LogP contribution in [-0.4, -0.2) is 6.04 Å². The van der Waals surface area contributed by atoms with Crippen molar-refractivity contribution in [2.24, 2.45) is 11.8 Å². The molecule has 0 bridgehead atoms. The maximum Gasteiger partial charge on any atom is 0.101 e. The Labute approximate surface area is 114 Å². The van der Waals surface area contributed by atoms with Gasteiger partial charge in [0.1, 0.15) is 12.1 Å². The molecule has 1 aliphatic carbocycles. The van der Waals surface area contributed by atoms with Gasteiger partial charge in [-0.15, -0.1) is 0 Å². The molecular formula is C16H19N3. The van der Waals surface area contributed by atoms with Crippen LogP contribution in [0.5, 0.6) is 0 Å². The maximum atomic E-state index is 9.04. The number of hydrogen-bond donors (Lipinski definition) is 1. The lowest BCUT2D eigenvalue weighted by Gasteiger charge is -2.32. The third-order valence-electron chi connectivity index (χ3n) is 3.81. The molecule has 3 nitrogen and oxygen atoms in total. The second kappa shape index (κ2) is 5.76. The standard InChI is InChI=1S/C16H19N3/c1-11-5-12(2)7-16(6-11)19-15-4-3-13(9-17)14(8-15)10-18/h3-4,8,11-12,16,19H,5-7H2,1-2H3. The van der Waals surface area contributed by atoms with E-state index in [-0.39, 0.29) is 0 Å². The van der Waals surface area contributed by atoms with Gasteiger partial charge in [0.05, 0.1) is 11.1 Å². The summed E-state index contributed by atoms with van der Waals surface area (Å²) in [6.45, 7) is 4.59. The molecule has 3 heteroatoms. The summed E-state index contributed by atoms with van der Waals surface area (Å²) in [6.07, 6.45) is 3.65. The van der Waals surface area contributed by atoms with Crippen LogP contribution in [0, 0.1) is 34.5 Å². The van der Waals surface area contributed by atoms with Crippen molar-refractivity contribution in [3.05, 3.63) is 29.3 Å². The maximum absolute atomic E-state index is 9.04. The van der Waals surface area contributed by atoms with E-state index in [2.05, 4.69) is 25.2 Å². The first-order valence-corrected chi connectivity index (χ1v) is 6.83. The molecule has 0 amide bonds. The van der Waals surface area contributed by atoms with E-state index in [0.29, 0.717) is 17.2 Å². The first-order chi connectivity index (χ1) is 9.12. The minimum atomic E-state index is 0.443. The lowest BCUT2D eigenvalue weighted by Crippen LogP contribution is -2.30. The number of nitrogens with one attached hydrogen (secondary N) is 1. The van der Waals surface area contributed by atoms with Crippen molar-refractivity contribution in [2.45, 2.75) is 39.2 Å². The summed E-state index contributed by atoms with van der Waals surface area (Å²) in [5, 5.41) is 21.5. The number of nitriles is 2. The molecule has 2 unspecified atom stereocenters. The first kappa shape index (κ1) is 13.4. The SMILES string of the molecule is CC1CC(C)CC(Nc2ccc(C#N)c(C#N)c2)C1. The summed E-state index contributed by atoms with van der Waals surface area (Å²) in [6, 6.07) is 9.98. The van der Waals surface area contributed by atoms with Gasteiger partial charge in [0, 0.05) is 11.7 Å². The highest BCUT2D eigenvalue weighted by Crippen LogP contribution is 2.30. The molecule has 2 rings (SSSR count). The summed E-state index contributed by atoms with van der Waals surface area (Å²) < 4.78 is 0. The molecule has 0 aromatic heterocycles. The van der Waals surface area contributed by atoms with Crippen molar-refractivity contribution in [1.29, 1.82) is 10.5 Å². The van der Waals surface area contributed by atoms with Crippen molar-refractivity contribution in [2.75, 3.05) is 5.32 Å². The Balaban J connectivity index is 2.12. The average Bonchev–Trinajstić information content (AvgIpc) is 2.37. The molecule has 1 aromatic rings.